The number of aromatic nitrogens is 2. The van der Waals surface area contributed by atoms with Crippen LogP contribution in [0.3, 0.4) is 0 Å². The molecule has 0 amide bonds. The first kappa shape index (κ1) is 12.4. The zero-order valence-electron chi connectivity index (χ0n) is 8.81. The summed E-state index contributed by atoms with van der Waals surface area (Å²) in [5.41, 5.74) is 0. The van der Waals surface area contributed by atoms with Crippen molar-refractivity contribution in [3.63, 3.8) is 0 Å². The Morgan fingerprint density at radius 1 is 1.41 bits per heavy atom. The Balaban J connectivity index is 2.36. The summed E-state index contributed by atoms with van der Waals surface area (Å²) in [6.45, 7) is -0.0253. The number of alkyl halides is 3. The number of rotatable bonds is 5. The first-order valence-corrected chi connectivity index (χ1v) is 6.41. The van der Waals surface area contributed by atoms with Crippen LogP contribution in [0.2, 0.25) is 0 Å². The lowest BCUT2D eigenvalue weighted by Gasteiger charge is -2.22. The van der Waals surface area contributed by atoms with Crippen LogP contribution >= 0.6 is 22.9 Å². The third-order valence-corrected chi connectivity index (χ3v) is 3.24. The van der Waals surface area contributed by atoms with Crippen LogP contribution in [0.5, 0.6) is 0 Å². The SMILES string of the molecule is FC(F)CN(CCCl)c1ncnc2sccc12. The van der Waals surface area contributed by atoms with Crippen LogP contribution in [0.15, 0.2) is 17.8 Å². The number of hydrogen-bond donors (Lipinski definition) is 0. The molecule has 2 aromatic heterocycles. The van der Waals surface area contributed by atoms with Gasteiger partial charge in [0.2, 0.25) is 0 Å². The minimum Gasteiger partial charge on any atom is -0.349 e. The normalized spacial score (nSPS) is 11.3. The van der Waals surface area contributed by atoms with Crippen molar-refractivity contribution in [2.75, 3.05) is 23.9 Å². The van der Waals surface area contributed by atoms with Gasteiger partial charge in [-0.1, -0.05) is 0 Å². The van der Waals surface area contributed by atoms with Crippen molar-refractivity contribution >= 4 is 39.0 Å². The fourth-order valence-corrected chi connectivity index (χ4v) is 2.51. The highest BCUT2D eigenvalue weighted by atomic mass is 35.5. The monoisotopic (exact) mass is 277 g/mol. The summed E-state index contributed by atoms with van der Waals surface area (Å²) in [5, 5.41) is 2.66. The van der Waals surface area contributed by atoms with Crippen LogP contribution in [-0.4, -0.2) is 35.4 Å². The quantitative estimate of drug-likeness (QED) is 0.787. The summed E-state index contributed by atoms with van der Waals surface area (Å²) in [6, 6.07) is 1.84. The third-order valence-electron chi connectivity index (χ3n) is 2.25. The zero-order valence-corrected chi connectivity index (χ0v) is 10.4. The summed E-state index contributed by atoms with van der Waals surface area (Å²) in [5.74, 6) is 0.805. The Bertz CT molecular complexity index is 491. The summed E-state index contributed by atoms with van der Waals surface area (Å²) >= 11 is 7.08. The second kappa shape index (κ2) is 5.55. The topological polar surface area (TPSA) is 29.0 Å². The maximum atomic E-state index is 12.5. The maximum absolute atomic E-state index is 12.5. The molecule has 0 N–H and O–H groups in total. The predicted molar refractivity (Wildman–Crippen MR) is 66.4 cm³/mol. The molecule has 0 saturated carbocycles. The van der Waals surface area contributed by atoms with Crippen molar-refractivity contribution < 1.29 is 8.78 Å². The maximum Gasteiger partial charge on any atom is 0.255 e. The molecule has 0 radical (unpaired) electrons. The molecule has 2 rings (SSSR count). The van der Waals surface area contributed by atoms with Gasteiger partial charge < -0.3 is 4.90 Å². The molecular weight excluding hydrogens is 268 g/mol. The summed E-state index contributed by atoms with van der Waals surface area (Å²) in [7, 11) is 0. The van der Waals surface area contributed by atoms with Gasteiger partial charge in [0.05, 0.1) is 11.9 Å². The molecule has 0 spiro atoms. The minimum atomic E-state index is -2.41. The highest BCUT2D eigenvalue weighted by Gasteiger charge is 2.16. The Kier molecular flexibility index (Phi) is 4.06. The molecule has 0 bridgehead atoms. The van der Waals surface area contributed by atoms with Gasteiger partial charge in [-0.2, -0.15) is 0 Å². The van der Waals surface area contributed by atoms with Gasteiger partial charge in [-0.15, -0.1) is 22.9 Å². The van der Waals surface area contributed by atoms with Crippen LogP contribution in [0.4, 0.5) is 14.6 Å². The van der Waals surface area contributed by atoms with Gasteiger partial charge in [0.25, 0.3) is 6.43 Å². The second-order valence-electron chi connectivity index (χ2n) is 3.36. The van der Waals surface area contributed by atoms with E-state index in [1.54, 1.807) is 0 Å². The van der Waals surface area contributed by atoms with Crippen LogP contribution in [0.25, 0.3) is 10.2 Å². The molecule has 2 aromatic rings. The van der Waals surface area contributed by atoms with Gasteiger partial charge in [0.1, 0.15) is 17.0 Å². The minimum absolute atomic E-state index is 0.280. The number of halogens is 3. The largest absolute Gasteiger partial charge is 0.349 e. The highest BCUT2D eigenvalue weighted by Crippen LogP contribution is 2.27. The van der Waals surface area contributed by atoms with E-state index in [0.717, 1.165) is 10.2 Å². The lowest BCUT2D eigenvalue weighted by Crippen LogP contribution is -2.31. The molecule has 7 heteroatoms. The first-order chi connectivity index (χ1) is 8.22. The van der Waals surface area contributed by atoms with Crippen molar-refractivity contribution in [3.05, 3.63) is 17.8 Å². The van der Waals surface area contributed by atoms with Crippen LogP contribution < -0.4 is 4.90 Å². The molecule has 2 heterocycles. The van der Waals surface area contributed by atoms with Gasteiger partial charge in [0.15, 0.2) is 0 Å². The summed E-state index contributed by atoms with van der Waals surface area (Å²) in [6.07, 6.45) is -1.03. The van der Waals surface area contributed by atoms with Gasteiger partial charge in [-0.25, -0.2) is 18.7 Å². The number of fused-ring (bicyclic) bond motifs is 1. The fraction of sp³-hybridized carbons (Fsp3) is 0.400. The number of nitrogens with zero attached hydrogens (tertiary/aromatic N) is 3. The highest BCUT2D eigenvalue weighted by molar-refractivity contribution is 7.16. The van der Waals surface area contributed by atoms with Gasteiger partial charge in [-0.05, 0) is 11.4 Å². The van der Waals surface area contributed by atoms with Crippen molar-refractivity contribution in [1.29, 1.82) is 0 Å². The standard InChI is InChI=1S/C10H10ClF2N3S/c11-2-3-16(5-8(12)13)9-7-1-4-17-10(7)15-6-14-9/h1,4,6,8H,2-3,5H2. The fourth-order valence-electron chi connectivity index (χ4n) is 1.58. The predicted octanol–water partition coefficient (Wildman–Crippen LogP) is 3.00. The molecule has 92 valence electrons. The van der Waals surface area contributed by atoms with E-state index < -0.39 is 6.43 Å². The molecular formula is C10H10ClF2N3S. The molecule has 0 atom stereocenters. The van der Waals surface area contributed by atoms with Crippen LogP contribution in [0, 0.1) is 0 Å². The molecule has 0 unspecified atom stereocenters. The lowest BCUT2D eigenvalue weighted by molar-refractivity contribution is 0.155. The van der Waals surface area contributed by atoms with E-state index in [4.69, 9.17) is 11.6 Å². The number of hydrogen-bond acceptors (Lipinski definition) is 4. The van der Waals surface area contributed by atoms with E-state index in [9.17, 15) is 8.78 Å². The average molecular weight is 278 g/mol. The Morgan fingerprint density at radius 3 is 2.94 bits per heavy atom. The molecule has 0 fully saturated rings. The van der Waals surface area contributed by atoms with Crippen molar-refractivity contribution in [2.45, 2.75) is 6.43 Å². The molecule has 0 aliphatic rings. The van der Waals surface area contributed by atoms with Crippen molar-refractivity contribution in [2.24, 2.45) is 0 Å². The van der Waals surface area contributed by atoms with Crippen molar-refractivity contribution in [1.82, 2.24) is 9.97 Å². The van der Waals surface area contributed by atoms with Gasteiger partial charge in [0, 0.05) is 12.4 Å². The molecule has 0 aromatic carbocycles. The van der Waals surface area contributed by atoms with Crippen LogP contribution in [-0.2, 0) is 0 Å². The van der Waals surface area contributed by atoms with E-state index in [0.29, 0.717) is 12.4 Å². The number of thiophene rings is 1. The smallest absolute Gasteiger partial charge is 0.255 e. The van der Waals surface area contributed by atoms with E-state index in [1.807, 2.05) is 11.4 Å². The first-order valence-electron chi connectivity index (χ1n) is 4.99. The Labute approximate surface area is 106 Å². The number of anilines is 1. The lowest BCUT2D eigenvalue weighted by atomic mass is 10.3. The second-order valence-corrected chi connectivity index (χ2v) is 4.64. The van der Waals surface area contributed by atoms with E-state index in [2.05, 4.69) is 9.97 Å². The Morgan fingerprint density at radius 2 is 2.24 bits per heavy atom. The van der Waals surface area contributed by atoms with E-state index in [1.165, 1.54) is 22.6 Å². The Hall–Kier alpha value is -1.01. The molecule has 0 aliphatic heterocycles. The van der Waals surface area contributed by atoms with E-state index >= 15 is 0 Å². The van der Waals surface area contributed by atoms with Gasteiger partial charge in [-0.3, -0.25) is 0 Å². The van der Waals surface area contributed by atoms with Crippen LogP contribution in [0.1, 0.15) is 0 Å². The van der Waals surface area contributed by atoms with E-state index in [-0.39, 0.29) is 12.4 Å². The van der Waals surface area contributed by atoms with Gasteiger partial charge >= 0.3 is 0 Å². The molecule has 0 aliphatic carbocycles. The average Bonchev–Trinajstić information content (AvgIpc) is 2.75. The molecule has 0 saturated heterocycles. The van der Waals surface area contributed by atoms with Crippen molar-refractivity contribution in [3.8, 4) is 0 Å². The summed E-state index contributed by atoms with van der Waals surface area (Å²) in [4.78, 5) is 10.5. The third kappa shape index (κ3) is 2.81. The molecule has 17 heavy (non-hydrogen) atoms. The zero-order chi connectivity index (χ0) is 12.3. The summed E-state index contributed by atoms with van der Waals surface area (Å²) < 4.78 is 25.0. The molecule has 3 nitrogen and oxygen atoms in total.